The highest BCUT2D eigenvalue weighted by molar-refractivity contribution is 5.81. The van der Waals surface area contributed by atoms with Crippen LogP contribution in [0.25, 0.3) is 0 Å². The lowest BCUT2D eigenvalue weighted by molar-refractivity contribution is -0.140. The van der Waals surface area contributed by atoms with Crippen LogP contribution in [-0.2, 0) is 14.3 Å². The van der Waals surface area contributed by atoms with E-state index in [4.69, 9.17) is 9.47 Å². The van der Waals surface area contributed by atoms with Crippen LogP contribution in [0.5, 0.6) is 0 Å². The number of ether oxygens (including phenoxy) is 2. The normalized spacial score (nSPS) is 31.7. The molecule has 1 saturated carbocycles. The highest BCUT2D eigenvalue weighted by Gasteiger charge is 2.49. The van der Waals surface area contributed by atoms with Crippen molar-refractivity contribution in [3.05, 3.63) is 0 Å². The summed E-state index contributed by atoms with van der Waals surface area (Å²) in [6.07, 6.45) is 1.26. The van der Waals surface area contributed by atoms with Crippen LogP contribution >= 0.6 is 0 Å². The summed E-state index contributed by atoms with van der Waals surface area (Å²) in [6.45, 7) is 9.05. The Morgan fingerprint density at radius 2 is 2.05 bits per heavy atom. The molecule has 1 aliphatic heterocycles. The first-order chi connectivity index (χ1) is 8.96. The first-order valence-corrected chi connectivity index (χ1v) is 7.12. The Balaban J connectivity index is 1.84. The maximum absolute atomic E-state index is 12.3. The molecule has 0 aromatic rings. The highest BCUT2D eigenvalue weighted by Crippen LogP contribution is 2.42. The number of hydrogen-bond acceptors (Lipinski definition) is 4. The Bertz CT molecular complexity index is 327. The minimum atomic E-state index is -0.139. The van der Waals surface area contributed by atoms with E-state index in [2.05, 4.69) is 19.2 Å². The van der Waals surface area contributed by atoms with Crippen molar-refractivity contribution in [3.8, 4) is 0 Å². The molecule has 0 bridgehead atoms. The van der Waals surface area contributed by atoms with Crippen LogP contribution in [0.1, 0.15) is 27.2 Å². The maximum atomic E-state index is 12.3. The van der Waals surface area contributed by atoms with E-state index in [9.17, 15) is 4.79 Å². The minimum absolute atomic E-state index is 0.0916. The van der Waals surface area contributed by atoms with Gasteiger partial charge in [-0.05, 0) is 13.3 Å². The molecule has 0 spiro atoms. The number of carbonyl (C=O) groups is 1. The Morgan fingerprint density at radius 1 is 1.42 bits per heavy atom. The molecule has 3 atom stereocenters. The monoisotopic (exact) mass is 270 g/mol. The van der Waals surface area contributed by atoms with Crippen molar-refractivity contribution < 1.29 is 14.3 Å². The van der Waals surface area contributed by atoms with Crippen molar-refractivity contribution in [1.29, 1.82) is 0 Å². The molecule has 2 fully saturated rings. The summed E-state index contributed by atoms with van der Waals surface area (Å²) in [4.78, 5) is 14.2. The maximum Gasteiger partial charge on any atom is 0.239 e. The van der Waals surface area contributed by atoms with Crippen molar-refractivity contribution in [3.63, 3.8) is 0 Å². The second-order valence-electron chi connectivity index (χ2n) is 6.16. The van der Waals surface area contributed by atoms with Gasteiger partial charge in [-0.15, -0.1) is 0 Å². The number of nitrogens with zero attached hydrogens (tertiary/aromatic N) is 1. The average Bonchev–Trinajstić information content (AvgIpc) is 2.42. The smallest absolute Gasteiger partial charge is 0.239 e. The van der Waals surface area contributed by atoms with E-state index < -0.39 is 0 Å². The van der Waals surface area contributed by atoms with E-state index in [1.807, 2.05) is 11.8 Å². The molecule has 1 amide bonds. The molecule has 1 N–H and O–H groups in total. The highest BCUT2D eigenvalue weighted by atomic mass is 16.5. The molecule has 1 aliphatic carbocycles. The lowest BCUT2D eigenvalue weighted by Crippen LogP contribution is -2.64. The van der Waals surface area contributed by atoms with E-state index in [0.29, 0.717) is 32.3 Å². The Labute approximate surface area is 115 Å². The van der Waals surface area contributed by atoms with E-state index in [1.54, 1.807) is 7.11 Å². The fraction of sp³-hybridized carbons (Fsp3) is 0.929. The first-order valence-electron chi connectivity index (χ1n) is 7.12. The third-order valence-electron chi connectivity index (χ3n) is 4.61. The third kappa shape index (κ3) is 2.93. The van der Waals surface area contributed by atoms with Crippen LogP contribution in [0.15, 0.2) is 0 Å². The number of hydrogen-bond donors (Lipinski definition) is 1. The molecule has 1 saturated heterocycles. The number of morpholine rings is 1. The molecular formula is C14H26N2O3. The summed E-state index contributed by atoms with van der Waals surface area (Å²) >= 11 is 0. The van der Waals surface area contributed by atoms with Gasteiger partial charge in [-0.25, -0.2) is 0 Å². The number of rotatable bonds is 4. The van der Waals surface area contributed by atoms with Gasteiger partial charge >= 0.3 is 0 Å². The lowest BCUT2D eigenvalue weighted by atomic mass is 9.64. The predicted octanol–water partition coefficient (Wildman–Crippen LogP) is 0.637. The van der Waals surface area contributed by atoms with Crippen molar-refractivity contribution >= 4 is 5.91 Å². The quantitative estimate of drug-likeness (QED) is 0.814. The van der Waals surface area contributed by atoms with Crippen molar-refractivity contribution in [1.82, 2.24) is 10.2 Å². The van der Waals surface area contributed by atoms with Gasteiger partial charge in [-0.3, -0.25) is 4.79 Å². The molecular weight excluding hydrogens is 244 g/mol. The fourth-order valence-electron chi connectivity index (χ4n) is 3.00. The second-order valence-corrected chi connectivity index (χ2v) is 6.16. The van der Waals surface area contributed by atoms with Crippen LogP contribution in [-0.4, -0.2) is 62.4 Å². The predicted molar refractivity (Wildman–Crippen MR) is 73.0 cm³/mol. The minimum Gasteiger partial charge on any atom is -0.381 e. The average molecular weight is 270 g/mol. The van der Waals surface area contributed by atoms with Crippen LogP contribution in [0.2, 0.25) is 0 Å². The van der Waals surface area contributed by atoms with Gasteiger partial charge in [0.25, 0.3) is 0 Å². The molecule has 0 aromatic carbocycles. The lowest BCUT2D eigenvalue weighted by Gasteiger charge is -2.52. The summed E-state index contributed by atoms with van der Waals surface area (Å²) in [6, 6.07) is 0.206. The van der Waals surface area contributed by atoms with Crippen molar-refractivity contribution in [2.24, 2.45) is 5.41 Å². The second kappa shape index (κ2) is 5.77. The topological polar surface area (TPSA) is 50.8 Å². The standard InChI is InChI=1S/C14H26N2O3/c1-10(13(17)16-5-7-19-8-6-16)15-11-9-12(18-4)14(11,2)3/h10-12,15H,5-9H2,1-4H3. The molecule has 5 heteroatoms. The van der Waals surface area contributed by atoms with Gasteiger partial charge in [-0.1, -0.05) is 13.8 Å². The molecule has 5 nitrogen and oxygen atoms in total. The fourth-order valence-corrected chi connectivity index (χ4v) is 3.00. The van der Waals surface area contributed by atoms with Crippen LogP contribution in [0.4, 0.5) is 0 Å². The summed E-state index contributed by atoms with van der Waals surface area (Å²) < 4.78 is 10.7. The van der Waals surface area contributed by atoms with Crippen molar-refractivity contribution in [2.75, 3.05) is 33.4 Å². The van der Waals surface area contributed by atoms with E-state index >= 15 is 0 Å². The number of amides is 1. The molecule has 0 radical (unpaired) electrons. The Kier molecular flexibility index (Phi) is 4.48. The zero-order valence-corrected chi connectivity index (χ0v) is 12.4. The molecule has 19 heavy (non-hydrogen) atoms. The first kappa shape index (κ1) is 14.8. The summed E-state index contributed by atoms with van der Waals surface area (Å²) in [7, 11) is 1.75. The Morgan fingerprint density at radius 3 is 2.58 bits per heavy atom. The SMILES string of the molecule is COC1CC(NC(C)C(=O)N2CCOCC2)C1(C)C. The van der Waals surface area contributed by atoms with Gasteiger partial charge in [0.05, 0.1) is 25.4 Å². The van der Waals surface area contributed by atoms with Gasteiger partial charge < -0.3 is 19.7 Å². The van der Waals surface area contributed by atoms with E-state index in [-0.39, 0.29) is 23.5 Å². The van der Waals surface area contributed by atoms with Gasteiger partial charge in [0, 0.05) is 31.7 Å². The molecule has 0 aromatic heterocycles. The third-order valence-corrected chi connectivity index (χ3v) is 4.61. The summed E-state index contributed by atoms with van der Waals surface area (Å²) in [5.41, 5.74) is 0.0916. The molecule has 1 heterocycles. The zero-order valence-electron chi connectivity index (χ0n) is 12.4. The van der Waals surface area contributed by atoms with Crippen LogP contribution in [0, 0.1) is 5.41 Å². The van der Waals surface area contributed by atoms with E-state index in [1.165, 1.54) is 0 Å². The number of nitrogens with one attached hydrogen (secondary N) is 1. The molecule has 3 unspecified atom stereocenters. The largest absolute Gasteiger partial charge is 0.381 e. The van der Waals surface area contributed by atoms with Crippen molar-refractivity contribution in [2.45, 2.75) is 45.4 Å². The van der Waals surface area contributed by atoms with E-state index in [0.717, 1.165) is 6.42 Å². The number of methoxy groups -OCH3 is 1. The van der Waals surface area contributed by atoms with Gasteiger partial charge in [0.2, 0.25) is 5.91 Å². The summed E-state index contributed by atoms with van der Waals surface area (Å²) in [5, 5.41) is 3.46. The van der Waals surface area contributed by atoms with Gasteiger partial charge in [-0.2, -0.15) is 0 Å². The molecule has 2 aliphatic rings. The van der Waals surface area contributed by atoms with Gasteiger partial charge in [0.1, 0.15) is 0 Å². The Hall–Kier alpha value is -0.650. The van der Waals surface area contributed by atoms with Gasteiger partial charge in [0.15, 0.2) is 0 Å². The molecule has 110 valence electrons. The van der Waals surface area contributed by atoms with Crippen LogP contribution < -0.4 is 5.32 Å². The summed E-state index contributed by atoms with van der Waals surface area (Å²) in [5.74, 6) is 0.181. The molecule has 2 rings (SSSR count). The van der Waals surface area contributed by atoms with Crippen LogP contribution in [0.3, 0.4) is 0 Å². The zero-order chi connectivity index (χ0) is 14.0. The number of carbonyl (C=O) groups excluding carboxylic acids is 1.